The van der Waals surface area contributed by atoms with Gasteiger partial charge in [0.05, 0.1) is 4.70 Å². The standard InChI is InChI=1S/C26H26FN5O2S/c1-17(19-6-8-20(27)9-7-19)31-12-14-32(15-13-31)21-10-11-28-24(16-21)34-22-4-3-5-23-25(22)30-26(35-23)29-18(2)33/h3-11,16-17H,12-15H2,1-2H3,(H,29,30,33)/t17-/m1/s1. The van der Waals surface area contributed by atoms with Crippen molar-refractivity contribution in [3.05, 3.63) is 72.2 Å². The van der Waals surface area contributed by atoms with Gasteiger partial charge in [-0.3, -0.25) is 9.69 Å². The monoisotopic (exact) mass is 491 g/mol. The molecule has 1 amide bonds. The first-order valence-corrected chi connectivity index (χ1v) is 12.3. The molecule has 4 aromatic rings. The number of ether oxygens (including phenoxy) is 1. The number of hydrogen-bond acceptors (Lipinski definition) is 7. The minimum atomic E-state index is -0.208. The molecule has 0 unspecified atom stereocenters. The van der Waals surface area contributed by atoms with Crippen LogP contribution >= 0.6 is 11.3 Å². The fourth-order valence-corrected chi connectivity index (χ4v) is 5.22. The van der Waals surface area contributed by atoms with E-state index in [1.807, 2.05) is 42.5 Å². The number of rotatable bonds is 6. The summed E-state index contributed by atoms with van der Waals surface area (Å²) >= 11 is 1.40. The summed E-state index contributed by atoms with van der Waals surface area (Å²) in [5.41, 5.74) is 2.86. The molecule has 9 heteroatoms. The van der Waals surface area contributed by atoms with Gasteiger partial charge in [0.15, 0.2) is 10.9 Å². The Labute approximate surface area is 207 Å². The largest absolute Gasteiger partial charge is 0.437 e. The SMILES string of the molecule is CC(=O)Nc1nc2c(Oc3cc(N4CCN([C@H](C)c5ccc(F)cc5)CC4)ccn3)cccc2s1. The lowest BCUT2D eigenvalue weighted by Gasteiger charge is -2.39. The lowest BCUT2D eigenvalue weighted by molar-refractivity contribution is -0.114. The zero-order valence-corrected chi connectivity index (χ0v) is 20.4. The van der Waals surface area contributed by atoms with E-state index in [1.54, 1.807) is 6.20 Å². The average Bonchev–Trinajstić information content (AvgIpc) is 3.27. The van der Waals surface area contributed by atoms with E-state index in [0.29, 0.717) is 22.3 Å². The molecule has 0 spiro atoms. The van der Waals surface area contributed by atoms with Crippen LogP contribution in [0.25, 0.3) is 10.2 Å². The molecule has 0 bridgehead atoms. The van der Waals surface area contributed by atoms with Gasteiger partial charge in [-0.2, -0.15) is 0 Å². The molecule has 1 aliphatic rings. The first kappa shape index (κ1) is 23.2. The van der Waals surface area contributed by atoms with E-state index in [9.17, 15) is 9.18 Å². The number of halogens is 1. The van der Waals surface area contributed by atoms with Gasteiger partial charge in [-0.15, -0.1) is 0 Å². The molecule has 1 atom stereocenters. The van der Waals surface area contributed by atoms with Crippen molar-refractivity contribution in [1.29, 1.82) is 0 Å². The van der Waals surface area contributed by atoms with E-state index >= 15 is 0 Å². The van der Waals surface area contributed by atoms with E-state index in [-0.39, 0.29) is 17.8 Å². The smallest absolute Gasteiger partial charge is 0.223 e. The summed E-state index contributed by atoms with van der Waals surface area (Å²) in [5, 5.41) is 3.27. The molecule has 1 saturated heterocycles. The number of piperazine rings is 1. The summed E-state index contributed by atoms with van der Waals surface area (Å²) < 4.78 is 20.3. The van der Waals surface area contributed by atoms with Gasteiger partial charge >= 0.3 is 0 Å². The predicted molar refractivity (Wildman–Crippen MR) is 137 cm³/mol. The topological polar surface area (TPSA) is 70.6 Å². The second-order valence-corrected chi connectivity index (χ2v) is 9.54. The zero-order chi connectivity index (χ0) is 24.4. The third-order valence-electron chi connectivity index (χ3n) is 6.18. The Balaban J connectivity index is 1.27. The number of benzene rings is 2. The predicted octanol–water partition coefficient (Wildman–Crippen LogP) is 5.46. The van der Waals surface area contributed by atoms with Crippen LogP contribution in [-0.2, 0) is 4.79 Å². The molecule has 0 saturated carbocycles. The zero-order valence-electron chi connectivity index (χ0n) is 19.6. The van der Waals surface area contributed by atoms with Crippen molar-refractivity contribution in [3.8, 4) is 11.6 Å². The number of carbonyl (C=O) groups excluding carboxylic acids is 1. The summed E-state index contributed by atoms with van der Waals surface area (Å²) in [4.78, 5) is 25.0. The lowest BCUT2D eigenvalue weighted by Crippen LogP contribution is -2.47. The molecule has 1 aliphatic heterocycles. The maximum atomic E-state index is 13.3. The molecule has 0 radical (unpaired) electrons. The summed E-state index contributed by atoms with van der Waals surface area (Å²) in [6.07, 6.45) is 1.75. The van der Waals surface area contributed by atoms with Crippen LogP contribution in [0.15, 0.2) is 60.8 Å². The molecule has 35 heavy (non-hydrogen) atoms. The van der Waals surface area contributed by atoms with Crippen molar-refractivity contribution in [2.75, 3.05) is 36.4 Å². The third kappa shape index (κ3) is 5.26. The summed E-state index contributed by atoms with van der Waals surface area (Å²) in [6, 6.07) is 16.6. The van der Waals surface area contributed by atoms with Crippen LogP contribution in [0.4, 0.5) is 15.2 Å². The molecular weight excluding hydrogens is 465 g/mol. The van der Waals surface area contributed by atoms with Crippen LogP contribution in [0.2, 0.25) is 0 Å². The van der Waals surface area contributed by atoms with Crippen LogP contribution in [0.3, 0.4) is 0 Å². The van der Waals surface area contributed by atoms with E-state index in [4.69, 9.17) is 4.74 Å². The molecule has 3 heterocycles. The Morgan fingerprint density at radius 1 is 1.11 bits per heavy atom. The van der Waals surface area contributed by atoms with Crippen molar-refractivity contribution in [2.45, 2.75) is 19.9 Å². The number of fused-ring (bicyclic) bond motifs is 1. The van der Waals surface area contributed by atoms with Crippen LogP contribution in [0.5, 0.6) is 11.6 Å². The molecule has 1 N–H and O–H groups in total. The number of carbonyl (C=O) groups is 1. The maximum absolute atomic E-state index is 13.3. The van der Waals surface area contributed by atoms with Crippen molar-refractivity contribution < 1.29 is 13.9 Å². The van der Waals surface area contributed by atoms with Gasteiger partial charge < -0.3 is 15.0 Å². The summed E-state index contributed by atoms with van der Waals surface area (Å²) in [7, 11) is 0. The molecule has 2 aromatic heterocycles. The van der Waals surface area contributed by atoms with Crippen LogP contribution < -0.4 is 15.0 Å². The fraction of sp³-hybridized carbons (Fsp3) is 0.269. The highest BCUT2D eigenvalue weighted by Gasteiger charge is 2.23. The molecule has 180 valence electrons. The van der Waals surface area contributed by atoms with Crippen LogP contribution in [0.1, 0.15) is 25.5 Å². The quantitative estimate of drug-likeness (QED) is 0.386. The number of para-hydroxylation sites is 1. The highest BCUT2D eigenvalue weighted by Crippen LogP contribution is 2.35. The number of pyridine rings is 1. The number of nitrogens with zero attached hydrogens (tertiary/aromatic N) is 4. The number of thiazole rings is 1. The van der Waals surface area contributed by atoms with Crippen molar-refractivity contribution in [1.82, 2.24) is 14.9 Å². The van der Waals surface area contributed by atoms with Gasteiger partial charge in [0.2, 0.25) is 11.8 Å². The number of aromatic nitrogens is 2. The number of nitrogens with one attached hydrogen (secondary N) is 1. The minimum Gasteiger partial charge on any atom is -0.437 e. The Bertz CT molecular complexity index is 1340. The molecule has 7 nitrogen and oxygen atoms in total. The third-order valence-corrected chi connectivity index (χ3v) is 7.11. The van der Waals surface area contributed by atoms with Gasteiger partial charge in [0.1, 0.15) is 11.3 Å². The molecular formula is C26H26FN5O2S. The highest BCUT2D eigenvalue weighted by atomic mass is 32.1. The number of anilines is 2. The molecule has 2 aromatic carbocycles. The Morgan fingerprint density at radius 2 is 1.89 bits per heavy atom. The number of hydrogen-bond donors (Lipinski definition) is 1. The second-order valence-electron chi connectivity index (χ2n) is 8.51. The number of amides is 1. The fourth-order valence-electron chi connectivity index (χ4n) is 4.29. The Morgan fingerprint density at radius 3 is 2.63 bits per heavy atom. The molecule has 1 fully saturated rings. The molecule has 5 rings (SSSR count). The molecule has 0 aliphatic carbocycles. The Hall–Kier alpha value is -3.56. The van der Waals surface area contributed by atoms with Crippen LogP contribution in [-0.4, -0.2) is 47.0 Å². The van der Waals surface area contributed by atoms with E-state index < -0.39 is 0 Å². The first-order valence-electron chi connectivity index (χ1n) is 11.5. The van der Waals surface area contributed by atoms with Gasteiger partial charge in [0, 0.05) is 57.1 Å². The van der Waals surface area contributed by atoms with Crippen molar-refractivity contribution >= 4 is 38.3 Å². The average molecular weight is 492 g/mol. The van der Waals surface area contributed by atoms with Crippen molar-refractivity contribution in [2.24, 2.45) is 0 Å². The van der Waals surface area contributed by atoms with Gasteiger partial charge in [-0.05, 0) is 42.8 Å². The van der Waals surface area contributed by atoms with E-state index in [2.05, 4.69) is 32.0 Å². The highest BCUT2D eigenvalue weighted by molar-refractivity contribution is 7.22. The Kier molecular flexibility index (Phi) is 6.61. The second kappa shape index (κ2) is 9.97. The van der Waals surface area contributed by atoms with Crippen LogP contribution in [0, 0.1) is 5.82 Å². The normalized spacial score (nSPS) is 15.2. The maximum Gasteiger partial charge on any atom is 0.223 e. The lowest BCUT2D eigenvalue weighted by atomic mass is 10.1. The van der Waals surface area contributed by atoms with Gasteiger partial charge in [-0.25, -0.2) is 14.4 Å². The van der Waals surface area contributed by atoms with Gasteiger partial charge in [0.25, 0.3) is 0 Å². The van der Waals surface area contributed by atoms with Gasteiger partial charge in [-0.1, -0.05) is 29.5 Å². The van der Waals surface area contributed by atoms with E-state index in [1.165, 1.54) is 30.4 Å². The van der Waals surface area contributed by atoms with E-state index in [0.717, 1.165) is 42.1 Å². The first-order chi connectivity index (χ1) is 17.0. The minimum absolute atomic E-state index is 0.159. The summed E-state index contributed by atoms with van der Waals surface area (Å²) in [6.45, 7) is 7.18. The summed E-state index contributed by atoms with van der Waals surface area (Å²) in [5.74, 6) is 0.720. The van der Waals surface area contributed by atoms with Crippen molar-refractivity contribution in [3.63, 3.8) is 0 Å².